The molecule has 6 nitrogen and oxygen atoms in total. The molecule has 1 aromatic carbocycles. The largest absolute Gasteiger partial charge is 0.351 e. The minimum absolute atomic E-state index is 0.00610. The maximum absolute atomic E-state index is 14.1. The molecule has 0 saturated heterocycles. The van der Waals surface area contributed by atoms with Gasteiger partial charge in [-0.05, 0) is 31.4 Å². The van der Waals surface area contributed by atoms with E-state index in [9.17, 15) is 8.78 Å². The SMILES string of the molecule is Cc1cc(F)c(Nc2ncnc3cnc(NC4CC4)nc23)cc1F. The molecule has 3 aromatic rings. The third-order valence-electron chi connectivity index (χ3n) is 3.79. The summed E-state index contributed by atoms with van der Waals surface area (Å²) in [5.41, 5.74) is 1.19. The average Bonchev–Trinajstić information content (AvgIpc) is 3.37. The Morgan fingerprint density at radius 2 is 1.92 bits per heavy atom. The first-order valence-electron chi connectivity index (χ1n) is 7.57. The topological polar surface area (TPSA) is 75.6 Å². The van der Waals surface area contributed by atoms with Crippen molar-refractivity contribution in [1.29, 1.82) is 0 Å². The summed E-state index contributed by atoms with van der Waals surface area (Å²) in [4.78, 5) is 16.8. The molecule has 0 unspecified atom stereocenters. The van der Waals surface area contributed by atoms with Gasteiger partial charge in [-0.1, -0.05) is 0 Å². The molecular formula is C16H14F2N6. The highest BCUT2D eigenvalue weighted by atomic mass is 19.1. The molecule has 0 spiro atoms. The van der Waals surface area contributed by atoms with Crippen LogP contribution in [0.15, 0.2) is 24.7 Å². The highest BCUT2D eigenvalue weighted by molar-refractivity contribution is 5.87. The van der Waals surface area contributed by atoms with E-state index in [1.807, 2.05) is 0 Å². The molecule has 0 atom stereocenters. The molecule has 2 aromatic heterocycles. The molecule has 0 radical (unpaired) electrons. The van der Waals surface area contributed by atoms with Crippen LogP contribution in [0.2, 0.25) is 0 Å². The summed E-state index contributed by atoms with van der Waals surface area (Å²) < 4.78 is 27.8. The van der Waals surface area contributed by atoms with Gasteiger partial charge in [0.2, 0.25) is 5.95 Å². The maximum atomic E-state index is 14.1. The van der Waals surface area contributed by atoms with Crippen LogP contribution in [-0.4, -0.2) is 26.0 Å². The van der Waals surface area contributed by atoms with E-state index in [1.54, 1.807) is 6.20 Å². The van der Waals surface area contributed by atoms with Crippen LogP contribution >= 0.6 is 0 Å². The van der Waals surface area contributed by atoms with Crippen molar-refractivity contribution >= 4 is 28.5 Å². The van der Waals surface area contributed by atoms with Crippen molar-refractivity contribution in [2.75, 3.05) is 10.6 Å². The molecule has 1 saturated carbocycles. The van der Waals surface area contributed by atoms with E-state index in [4.69, 9.17) is 0 Å². The minimum Gasteiger partial charge on any atom is -0.351 e. The number of hydrogen-bond donors (Lipinski definition) is 2. The fraction of sp³-hybridized carbons (Fsp3) is 0.250. The fourth-order valence-corrected chi connectivity index (χ4v) is 2.30. The third kappa shape index (κ3) is 2.82. The molecule has 24 heavy (non-hydrogen) atoms. The summed E-state index contributed by atoms with van der Waals surface area (Å²) in [5, 5.41) is 5.98. The Bertz CT molecular complexity index is 926. The lowest BCUT2D eigenvalue weighted by Gasteiger charge is -2.10. The fourth-order valence-electron chi connectivity index (χ4n) is 2.30. The lowest BCUT2D eigenvalue weighted by Crippen LogP contribution is -2.07. The van der Waals surface area contributed by atoms with Crippen molar-refractivity contribution < 1.29 is 8.78 Å². The maximum Gasteiger partial charge on any atom is 0.223 e. The lowest BCUT2D eigenvalue weighted by molar-refractivity contribution is 0.595. The number of nitrogens with one attached hydrogen (secondary N) is 2. The summed E-state index contributed by atoms with van der Waals surface area (Å²) in [6.07, 6.45) is 5.08. The van der Waals surface area contributed by atoms with Gasteiger partial charge in [0.1, 0.15) is 29.0 Å². The van der Waals surface area contributed by atoms with Crippen LogP contribution in [0.5, 0.6) is 0 Å². The van der Waals surface area contributed by atoms with Gasteiger partial charge >= 0.3 is 0 Å². The van der Waals surface area contributed by atoms with Crippen molar-refractivity contribution in [3.63, 3.8) is 0 Å². The van der Waals surface area contributed by atoms with Crippen molar-refractivity contribution in [2.45, 2.75) is 25.8 Å². The van der Waals surface area contributed by atoms with Crippen molar-refractivity contribution in [2.24, 2.45) is 0 Å². The Balaban J connectivity index is 1.74. The van der Waals surface area contributed by atoms with Crippen LogP contribution in [0.3, 0.4) is 0 Å². The molecule has 0 bridgehead atoms. The zero-order chi connectivity index (χ0) is 16.7. The minimum atomic E-state index is -0.564. The quantitative estimate of drug-likeness (QED) is 0.765. The molecule has 122 valence electrons. The van der Waals surface area contributed by atoms with E-state index >= 15 is 0 Å². The third-order valence-corrected chi connectivity index (χ3v) is 3.79. The van der Waals surface area contributed by atoms with Crippen LogP contribution in [0.4, 0.5) is 26.2 Å². The lowest BCUT2D eigenvalue weighted by atomic mass is 10.2. The van der Waals surface area contributed by atoms with Crippen LogP contribution in [0, 0.1) is 18.6 Å². The van der Waals surface area contributed by atoms with Gasteiger partial charge in [0.05, 0.1) is 11.9 Å². The van der Waals surface area contributed by atoms with Crippen LogP contribution < -0.4 is 10.6 Å². The molecule has 8 heteroatoms. The summed E-state index contributed by atoms with van der Waals surface area (Å²) >= 11 is 0. The zero-order valence-corrected chi connectivity index (χ0v) is 12.8. The standard InChI is InChI=1S/C16H14F2N6/c1-8-4-11(18)12(5-10(8)17)23-15-14-13(20-7-21-15)6-19-16(24-14)22-9-2-3-9/h4-7,9H,2-3H2,1H3,(H,19,22,24)(H,20,21,23). The Morgan fingerprint density at radius 1 is 1.08 bits per heavy atom. The van der Waals surface area contributed by atoms with E-state index < -0.39 is 11.6 Å². The molecule has 0 amide bonds. The van der Waals surface area contributed by atoms with Crippen molar-refractivity contribution in [3.8, 4) is 0 Å². The van der Waals surface area contributed by atoms with Gasteiger partial charge in [0, 0.05) is 12.1 Å². The molecule has 2 N–H and O–H groups in total. The number of rotatable bonds is 4. The van der Waals surface area contributed by atoms with E-state index in [-0.39, 0.29) is 11.3 Å². The molecule has 1 aliphatic rings. The predicted octanol–water partition coefficient (Wildman–Crippen LogP) is 3.32. The summed E-state index contributed by atoms with van der Waals surface area (Å²) in [6.45, 7) is 1.51. The molecule has 4 rings (SSSR count). The van der Waals surface area contributed by atoms with Crippen molar-refractivity contribution in [3.05, 3.63) is 41.9 Å². The van der Waals surface area contributed by atoms with Gasteiger partial charge in [-0.15, -0.1) is 0 Å². The molecule has 1 aliphatic carbocycles. The summed E-state index contributed by atoms with van der Waals surface area (Å²) in [6, 6.07) is 2.63. The summed E-state index contributed by atoms with van der Waals surface area (Å²) in [5.74, 6) is -0.296. The molecule has 0 aliphatic heterocycles. The number of hydrogen-bond acceptors (Lipinski definition) is 6. The van der Waals surface area contributed by atoms with E-state index in [1.165, 1.54) is 13.3 Å². The van der Waals surface area contributed by atoms with Gasteiger partial charge in [-0.2, -0.15) is 0 Å². The van der Waals surface area contributed by atoms with Crippen LogP contribution in [0.1, 0.15) is 18.4 Å². The number of aryl methyl sites for hydroxylation is 1. The van der Waals surface area contributed by atoms with E-state index in [0.717, 1.165) is 25.0 Å². The smallest absolute Gasteiger partial charge is 0.223 e. The van der Waals surface area contributed by atoms with Gasteiger partial charge in [-0.25, -0.2) is 28.7 Å². The highest BCUT2D eigenvalue weighted by Crippen LogP contribution is 2.27. The first kappa shape index (κ1) is 14.7. The molecule has 1 fully saturated rings. The number of benzene rings is 1. The van der Waals surface area contributed by atoms with Gasteiger partial charge in [0.25, 0.3) is 0 Å². The van der Waals surface area contributed by atoms with Crippen LogP contribution in [0.25, 0.3) is 11.0 Å². The summed E-state index contributed by atoms with van der Waals surface area (Å²) in [7, 11) is 0. The number of aromatic nitrogens is 4. The Labute approximate surface area is 136 Å². The zero-order valence-electron chi connectivity index (χ0n) is 12.8. The monoisotopic (exact) mass is 328 g/mol. The van der Waals surface area contributed by atoms with Crippen LogP contribution in [-0.2, 0) is 0 Å². The van der Waals surface area contributed by atoms with Gasteiger partial charge in [0.15, 0.2) is 5.82 Å². The second-order valence-electron chi connectivity index (χ2n) is 5.77. The Kier molecular flexibility index (Phi) is 3.44. The van der Waals surface area contributed by atoms with Gasteiger partial charge < -0.3 is 10.6 Å². The van der Waals surface area contributed by atoms with Gasteiger partial charge in [-0.3, -0.25) is 0 Å². The Hall–Kier alpha value is -2.90. The number of halogens is 2. The first-order chi connectivity index (χ1) is 11.6. The van der Waals surface area contributed by atoms with E-state index in [2.05, 4.69) is 30.6 Å². The number of nitrogens with zero attached hydrogens (tertiary/aromatic N) is 4. The van der Waals surface area contributed by atoms with E-state index in [0.29, 0.717) is 28.8 Å². The molecule has 2 heterocycles. The first-order valence-corrected chi connectivity index (χ1v) is 7.57. The predicted molar refractivity (Wildman–Crippen MR) is 86.2 cm³/mol. The highest BCUT2D eigenvalue weighted by Gasteiger charge is 2.22. The number of anilines is 3. The Morgan fingerprint density at radius 3 is 2.71 bits per heavy atom. The second-order valence-corrected chi connectivity index (χ2v) is 5.77. The van der Waals surface area contributed by atoms with Crippen molar-refractivity contribution in [1.82, 2.24) is 19.9 Å². The number of fused-ring (bicyclic) bond motifs is 1. The molecular weight excluding hydrogens is 314 g/mol. The second kappa shape index (κ2) is 5.63. The normalized spacial score (nSPS) is 14.0. The average molecular weight is 328 g/mol.